The van der Waals surface area contributed by atoms with Gasteiger partial charge in [0.05, 0.1) is 18.7 Å². The smallest absolute Gasteiger partial charge is 0.410 e. The number of carbonyl (C=O) groups is 2. The third-order valence-corrected chi connectivity index (χ3v) is 6.63. The summed E-state index contributed by atoms with van der Waals surface area (Å²) in [6.45, 7) is 7.46. The maximum Gasteiger partial charge on any atom is 0.410 e. The molecule has 2 aromatic carbocycles. The highest BCUT2D eigenvalue weighted by Crippen LogP contribution is 2.33. The zero-order valence-corrected chi connectivity index (χ0v) is 23.1. The van der Waals surface area contributed by atoms with Crippen LogP contribution in [0.25, 0.3) is 11.3 Å². The highest BCUT2D eigenvalue weighted by molar-refractivity contribution is 6.30. The van der Waals surface area contributed by atoms with Crippen molar-refractivity contribution in [2.75, 3.05) is 25.0 Å². The lowest BCUT2D eigenvalue weighted by molar-refractivity contribution is -0.115. The summed E-state index contributed by atoms with van der Waals surface area (Å²) >= 11 is 5.95. The molecule has 1 aromatic heterocycles. The van der Waals surface area contributed by atoms with Gasteiger partial charge in [-0.2, -0.15) is 5.10 Å². The maximum absolute atomic E-state index is 12.7. The van der Waals surface area contributed by atoms with Crippen LogP contribution in [-0.2, 0) is 23.0 Å². The number of aromatic nitrogens is 2. The molecule has 0 saturated carbocycles. The minimum atomic E-state index is -0.499. The number of hydrogen-bond donors (Lipinski definition) is 1. The lowest BCUT2D eigenvalue weighted by Gasteiger charge is -2.33. The third-order valence-electron chi connectivity index (χ3n) is 6.38. The molecular formula is C29H35ClN4O4. The van der Waals surface area contributed by atoms with E-state index in [0.717, 1.165) is 35.4 Å². The first-order chi connectivity index (χ1) is 18.1. The van der Waals surface area contributed by atoms with Crippen LogP contribution >= 0.6 is 11.6 Å². The number of likely N-dealkylation sites (tertiary alicyclic amines) is 1. The van der Waals surface area contributed by atoms with Crippen molar-refractivity contribution < 1.29 is 19.1 Å². The predicted octanol–water partition coefficient (Wildman–Crippen LogP) is 5.95. The average Bonchev–Trinajstić information content (AvgIpc) is 3.29. The molecule has 2 heterocycles. The first-order valence-corrected chi connectivity index (χ1v) is 13.2. The van der Waals surface area contributed by atoms with E-state index in [2.05, 4.69) is 10.4 Å². The summed E-state index contributed by atoms with van der Waals surface area (Å²) in [6.07, 6.45) is 3.41. The SMILES string of the molecule is Cn1nccc1-c1cc(NC(=O)Cc2ccc(Cl)cc2)ccc1OCC1CCN(C(=O)OC(C)(C)C)CC1. The Morgan fingerprint density at radius 2 is 1.79 bits per heavy atom. The van der Waals surface area contributed by atoms with E-state index in [1.165, 1.54) is 0 Å². The second-order valence-electron chi connectivity index (χ2n) is 10.6. The molecule has 3 aromatic rings. The summed E-state index contributed by atoms with van der Waals surface area (Å²) in [4.78, 5) is 26.8. The van der Waals surface area contributed by atoms with E-state index < -0.39 is 5.60 Å². The molecule has 1 fully saturated rings. The second-order valence-corrected chi connectivity index (χ2v) is 11.1. The van der Waals surface area contributed by atoms with Gasteiger partial charge in [-0.3, -0.25) is 9.48 Å². The van der Waals surface area contributed by atoms with Gasteiger partial charge in [-0.15, -0.1) is 0 Å². The van der Waals surface area contributed by atoms with Crippen LogP contribution in [0, 0.1) is 5.92 Å². The summed E-state index contributed by atoms with van der Waals surface area (Å²) in [5.41, 5.74) is 2.80. The van der Waals surface area contributed by atoms with Crippen molar-refractivity contribution in [3.63, 3.8) is 0 Å². The van der Waals surface area contributed by atoms with Gasteiger partial charge in [-0.05, 0) is 81.5 Å². The summed E-state index contributed by atoms with van der Waals surface area (Å²) in [6, 6.07) is 14.8. The van der Waals surface area contributed by atoms with Crippen LogP contribution in [0.3, 0.4) is 0 Å². The van der Waals surface area contributed by atoms with E-state index in [9.17, 15) is 9.59 Å². The summed E-state index contributed by atoms with van der Waals surface area (Å²) < 4.78 is 13.6. The Labute approximate surface area is 228 Å². The minimum absolute atomic E-state index is 0.117. The van der Waals surface area contributed by atoms with Crippen LogP contribution in [0.2, 0.25) is 5.02 Å². The first kappa shape index (κ1) is 27.5. The number of piperidine rings is 1. The molecule has 0 radical (unpaired) electrons. The number of nitrogens with zero attached hydrogens (tertiary/aromatic N) is 3. The quantitative estimate of drug-likeness (QED) is 0.402. The molecule has 0 bridgehead atoms. The van der Waals surface area contributed by atoms with E-state index in [4.69, 9.17) is 21.1 Å². The van der Waals surface area contributed by atoms with Crippen molar-refractivity contribution >= 4 is 29.3 Å². The van der Waals surface area contributed by atoms with Crippen molar-refractivity contribution in [3.05, 3.63) is 65.3 Å². The number of benzene rings is 2. The van der Waals surface area contributed by atoms with Crippen LogP contribution in [0.1, 0.15) is 39.2 Å². The lowest BCUT2D eigenvalue weighted by atomic mass is 9.98. The molecule has 0 spiro atoms. The summed E-state index contributed by atoms with van der Waals surface area (Å²) in [7, 11) is 1.87. The van der Waals surface area contributed by atoms with Crippen LogP contribution in [0.5, 0.6) is 5.75 Å². The molecule has 0 unspecified atom stereocenters. The third kappa shape index (κ3) is 7.51. The number of amides is 2. The number of nitrogens with one attached hydrogen (secondary N) is 1. The van der Waals surface area contributed by atoms with Gasteiger partial charge < -0.3 is 19.7 Å². The van der Waals surface area contributed by atoms with Crippen LogP contribution in [0.15, 0.2) is 54.7 Å². The summed E-state index contributed by atoms with van der Waals surface area (Å²) in [5.74, 6) is 0.930. The number of anilines is 1. The molecule has 1 aliphatic heterocycles. The Kier molecular flexibility index (Phi) is 8.62. The van der Waals surface area contributed by atoms with Crippen LogP contribution in [0.4, 0.5) is 10.5 Å². The van der Waals surface area contributed by atoms with E-state index in [1.807, 2.05) is 64.2 Å². The fourth-order valence-corrected chi connectivity index (χ4v) is 4.51. The zero-order chi connectivity index (χ0) is 27.3. The molecule has 2 amide bonds. The molecule has 9 heteroatoms. The largest absolute Gasteiger partial charge is 0.493 e. The highest BCUT2D eigenvalue weighted by Gasteiger charge is 2.27. The molecule has 1 aliphatic rings. The molecule has 1 N–H and O–H groups in total. The molecule has 202 valence electrons. The van der Waals surface area contributed by atoms with Gasteiger partial charge in [0.15, 0.2) is 0 Å². The maximum atomic E-state index is 12.7. The Balaban J connectivity index is 1.40. The monoisotopic (exact) mass is 538 g/mol. The standard InChI is InChI=1S/C29H35ClN4O4/c1-29(2,3)38-28(36)34-15-12-21(13-16-34)19-37-26-10-9-23(18-24(26)25-11-14-31-33(25)4)32-27(35)17-20-5-7-22(30)8-6-20/h5-11,14,18,21H,12-13,15-17,19H2,1-4H3,(H,32,35). The highest BCUT2D eigenvalue weighted by atomic mass is 35.5. The van der Waals surface area contributed by atoms with Gasteiger partial charge in [-0.1, -0.05) is 23.7 Å². The van der Waals surface area contributed by atoms with Crippen molar-refractivity contribution in [2.45, 2.75) is 45.6 Å². The van der Waals surface area contributed by atoms with Gasteiger partial charge >= 0.3 is 6.09 Å². The fourth-order valence-electron chi connectivity index (χ4n) is 4.38. The van der Waals surface area contributed by atoms with Gasteiger partial charge in [0.1, 0.15) is 11.4 Å². The predicted molar refractivity (Wildman–Crippen MR) is 148 cm³/mol. The lowest BCUT2D eigenvalue weighted by Crippen LogP contribution is -2.42. The molecule has 0 atom stereocenters. The number of hydrogen-bond acceptors (Lipinski definition) is 5. The number of halogens is 1. The van der Waals surface area contributed by atoms with Crippen LogP contribution in [-0.4, -0.2) is 52.0 Å². The van der Waals surface area contributed by atoms with Crippen molar-refractivity contribution in [1.29, 1.82) is 0 Å². The topological polar surface area (TPSA) is 85.7 Å². The molecule has 1 saturated heterocycles. The molecular weight excluding hydrogens is 504 g/mol. The molecule has 4 rings (SSSR count). The van der Waals surface area contributed by atoms with Crippen molar-refractivity contribution in [1.82, 2.24) is 14.7 Å². The van der Waals surface area contributed by atoms with E-state index in [-0.39, 0.29) is 18.4 Å². The van der Waals surface area contributed by atoms with Gasteiger partial charge in [-0.25, -0.2) is 4.79 Å². The van der Waals surface area contributed by atoms with Crippen LogP contribution < -0.4 is 10.1 Å². The number of ether oxygens (including phenoxy) is 2. The van der Waals surface area contributed by atoms with Gasteiger partial charge in [0.25, 0.3) is 0 Å². The Bertz CT molecular complexity index is 1260. The molecule has 0 aliphatic carbocycles. The van der Waals surface area contributed by atoms with Crippen molar-refractivity contribution in [3.8, 4) is 17.0 Å². The molecule has 8 nitrogen and oxygen atoms in total. The van der Waals surface area contributed by atoms with Gasteiger partial charge in [0, 0.05) is 42.6 Å². The summed E-state index contributed by atoms with van der Waals surface area (Å²) in [5, 5.41) is 7.92. The minimum Gasteiger partial charge on any atom is -0.493 e. The van der Waals surface area contributed by atoms with E-state index >= 15 is 0 Å². The first-order valence-electron chi connectivity index (χ1n) is 12.8. The molecule has 38 heavy (non-hydrogen) atoms. The van der Waals surface area contributed by atoms with Crippen molar-refractivity contribution in [2.24, 2.45) is 13.0 Å². The Hall–Kier alpha value is -3.52. The van der Waals surface area contributed by atoms with E-state index in [0.29, 0.717) is 36.3 Å². The second kappa shape index (κ2) is 11.9. The number of rotatable bonds is 7. The zero-order valence-electron chi connectivity index (χ0n) is 22.4. The Morgan fingerprint density at radius 3 is 2.42 bits per heavy atom. The average molecular weight is 539 g/mol. The fraction of sp³-hybridized carbons (Fsp3) is 0.414. The number of aryl methyl sites for hydroxylation is 1. The normalized spacial score (nSPS) is 14.3. The number of carbonyl (C=O) groups excluding carboxylic acids is 2. The van der Waals surface area contributed by atoms with E-state index in [1.54, 1.807) is 27.9 Å². The Morgan fingerprint density at radius 1 is 1.08 bits per heavy atom. The van der Waals surface area contributed by atoms with Gasteiger partial charge in [0.2, 0.25) is 5.91 Å².